The molecule has 0 fully saturated rings. The standard InChI is InChI=1S/C11H23NO2/c1-5-8(3)10(13)7-12-11(14)9(4)6-2/h8-10,13H,5-7H2,1-4H3,(H,12,14). The molecule has 0 aromatic heterocycles. The number of aliphatic hydroxyl groups is 1. The van der Waals surface area contributed by atoms with Gasteiger partial charge in [-0.25, -0.2) is 0 Å². The summed E-state index contributed by atoms with van der Waals surface area (Å²) in [7, 11) is 0. The SMILES string of the molecule is CCC(C)C(=O)NCC(O)C(C)CC. The second-order valence-corrected chi connectivity index (χ2v) is 4.01. The summed E-state index contributed by atoms with van der Waals surface area (Å²) in [4.78, 5) is 11.4. The fourth-order valence-corrected chi connectivity index (χ4v) is 1.04. The molecular weight excluding hydrogens is 178 g/mol. The van der Waals surface area contributed by atoms with Gasteiger partial charge in [0, 0.05) is 12.5 Å². The maximum absolute atomic E-state index is 11.4. The lowest BCUT2D eigenvalue weighted by atomic mass is 10.0. The number of nitrogens with one attached hydrogen (secondary N) is 1. The van der Waals surface area contributed by atoms with Crippen molar-refractivity contribution in [3.63, 3.8) is 0 Å². The lowest BCUT2D eigenvalue weighted by molar-refractivity contribution is -0.125. The highest BCUT2D eigenvalue weighted by atomic mass is 16.3. The number of rotatable bonds is 6. The van der Waals surface area contributed by atoms with Crippen LogP contribution in [0.5, 0.6) is 0 Å². The molecule has 0 aliphatic rings. The Bertz CT molecular complexity index is 171. The monoisotopic (exact) mass is 201 g/mol. The van der Waals surface area contributed by atoms with Crippen LogP contribution >= 0.6 is 0 Å². The van der Waals surface area contributed by atoms with Crippen LogP contribution in [0.25, 0.3) is 0 Å². The van der Waals surface area contributed by atoms with Crippen molar-refractivity contribution in [2.24, 2.45) is 11.8 Å². The zero-order chi connectivity index (χ0) is 11.1. The zero-order valence-electron chi connectivity index (χ0n) is 9.71. The molecule has 0 saturated heterocycles. The topological polar surface area (TPSA) is 49.3 Å². The Morgan fingerprint density at radius 1 is 1.29 bits per heavy atom. The zero-order valence-corrected chi connectivity index (χ0v) is 9.71. The van der Waals surface area contributed by atoms with Crippen molar-refractivity contribution in [2.75, 3.05) is 6.54 Å². The normalized spacial score (nSPS) is 17.2. The van der Waals surface area contributed by atoms with Gasteiger partial charge in [-0.1, -0.05) is 34.1 Å². The van der Waals surface area contributed by atoms with E-state index in [0.717, 1.165) is 12.8 Å². The molecule has 3 nitrogen and oxygen atoms in total. The molecule has 3 heteroatoms. The molecule has 0 radical (unpaired) electrons. The number of carbonyl (C=O) groups excluding carboxylic acids is 1. The van der Waals surface area contributed by atoms with Gasteiger partial charge in [0.1, 0.15) is 0 Å². The molecule has 0 heterocycles. The summed E-state index contributed by atoms with van der Waals surface area (Å²) < 4.78 is 0. The van der Waals surface area contributed by atoms with Gasteiger partial charge in [0.15, 0.2) is 0 Å². The first kappa shape index (κ1) is 13.4. The summed E-state index contributed by atoms with van der Waals surface area (Å²) in [6, 6.07) is 0. The number of carbonyl (C=O) groups is 1. The van der Waals surface area contributed by atoms with Crippen LogP contribution in [0, 0.1) is 11.8 Å². The van der Waals surface area contributed by atoms with Crippen LogP contribution < -0.4 is 5.32 Å². The van der Waals surface area contributed by atoms with Gasteiger partial charge in [0.25, 0.3) is 0 Å². The van der Waals surface area contributed by atoms with Gasteiger partial charge in [-0.05, 0) is 12.3 Å². The molecule has 1 amide bonds. The van der Waals surface area contributed by atoms with Crippen LogP contribution in [0.1, 0.15) is 40.5 Å². The third-order valence-electron chi connectivity index (χ3n) is 2.85. The molecule has 84 valence electrons. The van der Waals surface area contributed by atoms with Crippen LogP contribution in [0.15, 0.2) is 0 Å². The van der Waals surface area contributed by atoms with E-state index in [2.05, 4.69) is 5.32 Å². The van der Waals surface area contributed by atoms with E-state index >= 15 is 0 Å². The van der Waals surface area contributed by atoms with Crippen LogP contribution in [0.4, 0.5) is 0 Å². The van der Waals surface area contributed by atoms with E-state index in [4.69, 9.17) is 0 Å². The Morgan fingerprint density at radius 2 is 1.86 bits per heavy atom. The van der Waals surface area contributed by atoms with Gasteiger partial charge in [0.05, 0.1) is 6.10 Å². The van der Waals surface area contributed by atoms with E-state index < -0.39 is 6.10 Å². The predicted octanol–water partition coefficient (Wildman–Crippen LogP) is 1.56. The summed E-state index contributed by atoms with van der Waals surface area (Å²) in [6.45, 7) is 8.27. The van der Waals surface area contributed by atoms with Gasteiger partial charge in [-0.3, -0.25) is 4.79 Å². The second kappa shape index (κ2) is 6.82. The van der Waals surface area contributed by atoms with E-state index in [0.29, 0.717) is 6.54 Å². The molecule has 2 N–H and O–H groups in total. The summed E-state index contributed by atoms with van der Waals surface area (Å²) in [5.41, 5.74) is 0. The Morgan fingerprint density at radius 3 is 2.29 bits per heavy atom. The fourth-order valence-electron chi connectivity index (χ4n) is 1.04. The van der Waals surface area contributed by atoms with Crippen LogP contribution in [-0.4, -0.2) is 23.7 Å². The van der Waals surface area contributed by atoms with E-state index in [-0.39, 0.29) is 17.7 Å². The summed E-state index contributed by atoms with van der Waals surface area (Å²) in [6.07, 6.45) is 1.35. The van der Waals surface area contributed by atoms with Gasteiger partial charge in [-0.2, -0.15) is 0 Å². The van der Waals surface area contributed by atoms with Gasteiger partial charge < -0.3 is 10.4 Å². The molecule has 0 spiro atoms. The largest absolute Gasteiger partial charge is 0.391 e. The van der Waals surface area contributed by atoms with Gasteiger partial charge in [0.2, 0.25) is 5.91 Å². The van der Waals surface area contributed by atoms with Crippen molar-refractivity contribution in [2.45, 2.75) is 46.6 Å². The highest BCUT2D eigenvalue weighted by Crippen LogP contribution is 2.06. The maximum atomic E-state index is 11.4. The van der Waals surface area contributed by atoms with Gasteiger partial charge >= 0.3 is 0 Å². The second-order valence-electron chi connectivity index (χ2n) is 4.01. The fraction of sp³-hybridized carbons (Fsp3) is 0.909. The quantitative estimate of drug-likeness (QED) is 0.685. The maximum Gasteiger partial charge on any atom is 0.222 e. The van der Waals surface area contributed by atoms with Crippen molar-refractivity contribution < 1.29 is 9.90 Å². The van der Waals surface area contributed by atoms with Crippen molar-refractivity contribution in [3.05, 3.63) is 0 Å². The molecule has 0 aromatic carbocycles. The number of hydrogen-bond donors (Lipinski definition) is 2. The molecule has 0 aliphatic carbocycles. The molecule has 3 atom stereocenters. The Hall–Kier alpha value is -0.570. The minimum Gasteiger partial charge on any atom is -0.391 e. The summed E-state index contributed by atoms with van der Waals surface area (Å²) >= 11 is 0. The predicted molar refractivity (Wildman–Crippen MR) is 57.9 cm³/mol. The van der Waals surface area contributed by atoms with E-state index in [9.17, 15) is 9.90 Å². The number of aliphatic hydroxyl groups excluding tert-OH is 1. The first-order valence-corrected chi connectivity index (χ1v) is 5.48. The van der Waals surface area contributed by atoms with Crippen LogP contribution in [-0.2, 0) is 4.79 Å². The first-order chi connectivity index (χ1) is 6.52. The van der Waals surface area contributed by atoms with Crippen molar-refractivity contribution in [1.82, 2.24) is 5.32 Å². The molecule has 3 unspecified atom stereocenters. The molecule has 0 aromatic rings. The average molecular weight is 201 g/mol. The molecule has 0 saturated carbocycles. The van der Waals surface area contributed by atoms with E-state index in [1.54, 1.807) is 0 Å². The lowest BCUT2D eigenvalue weighted by Crippen LogP contribution is -2.37. The lowest BCUT2D eigenvalue weighted by Gasteiger charge is -2.18. The van der Waals surface area contributed by atoms with E-state index in [1.165, 1.54) is 0 Å². The Balaban J connectivity index is 3.77. The average Bonchev–Trinajstić information content (AvgIpc) is 2.22. The number of amides is 1. The minimum absolute atomic E-state index is 0.0369. The molecular formula is C11H23NO2. The van der Waals surface area contributed by atoms with Gasteiger partial charge in [-0.15, -0.1) is 0 Å². The summed E-state index contributed by atoms with van der Waals surface area (Å²) in [5, 5.41) is 12.4. The third kappa shape index (κ3) is 4.61. The van der Waals surface area contributed by atoms with Crippen molar-refractivity contribution in [3.8, 4) is 0 Å². The molecule has 0 bridgehead atoms. The van der Waals surface area contributed by atoms with Crippen LogP contribution in [0.2, 0.25) is 0 Å². The summed E-state index contributed by atoms with van der Waals surface area (Å²) in [5.74, 6) is 0.321. The van der Waals surface area contributed by atoms with Crippen LogP contribution in [0.3, 0.4) is 0 Å². The highest BCUT2D eigenvalue weighted by molar-refractivity contribution is 5.78. The van der Waals surface area contributed by atoms with Crippen molar-refractivity contribution >= 4 is 5.91 Å². The number of hydrogen-bond acceptors (Lipinski definition) is 2. The highest BCUT2D eigenvalue weighted by Gasteiger charge is 2.15. The molecule has 14 heavy (non-hydrogen) atoms. The Labute approximate surface area is 86.9 Å². The molecule has 0 rings (SSSR count). The van der Waals surface area contributed by atoms with E-state index in [1.807, 2.05) is 27.7 Å². The molecule has 0 aliphatic heterocycles. The first-order valence-electron chi connectivity index (χ1n) is 5.48. The Kier molecular flexibility index (Phi) is 6.54. The van der Waals surface area contributed by atoms with Crippen molar-refractivity contribution in [1.29, 1.82) is 0 Å². The smallest absolute Gasteiger partial charge is 0.222 e. The minimum atomic E-state index is -0.423. The third-order valence-corrected chi connectivity index (χ3v) is 2.85.